The Kier molecular flexibility index (Phi) is 1.65. The van der Waals surface area contributed by atoms with Gasteiger partial charge in [0.05, 0.1) is 12.1 Å². The fraction of sp³-hybridized carbons (Fsp3) is 0.667. The lowest BCUT2D eigenvalue weighted by atomic mass is 10.2. The maximum absolute atomic E-state index is 8.94. The maximum Gasteiger partial charge on any atom is 0.0701 e. The lowest BCUT2D eigenvalue weighted by Crippen LogP contribution is -2.32. The van der Waals surface area contributed by atoms with E-state index in [9.17, 15) is 0 Å². The molecule has 1 aliphatic rings. The Balaban J connectivity index is 2.36. The van der Waals surface area contributed by atoms with Gasteiger partial charge in [0.25, 0.3) is 0 Å². The molecule has 2 heteroatoms. The van der Waals surface area contributed by atoms with E-state index in [2.05, 4.69) is 5.32 Å². The van der Waals surface area contributed by atoms with Crippen LogP contribution in [-0.2, 0) is 0 Å². The number of aliphatic hydroxyl groups is 1. The molecule has 8 heavy (non-hydrogen) atoms. The molecule has 2 N–H and O–H groups in total. The Morgan fingerprint density at radius 1 is 1.88 bits per heavy atom. The van der Waals surface area contributed by atoms with Gasteiger partial charge < -0.3 is 10.4 Å². The van der Waals surface area contributed by atoms with Gasteiger partial charge in [0.15, 0.2) is 0 Å². The van der Waals surface area contributed by atoms with Gasteiger partial charge in [-0.25, -0.2) is 0 Å². The Labute approximate surface area is 49.2 Å². The molecule has 0 amide bonds. The van der Waals surface area contributed by atoms with E-state index in [1.165, 1.54) is 0 Å². The van der Waals surface area contributed by atoms with E-state index in [1.807, 2.05) is 12.2 Å². The zero-order valence-corrected chi connectivity index (χ0v) is 4.96. The molecule has 2 nitrogen and oxygen atoms in total. The molecule has 1 heterocycles. The van der Waals surface area contributed by atoms with Gasteiger partial charge in [-0.15, -0.1) is 0 Å². The molecule has 2 atom stereocenters. The molecule has 2 unspecified atom stereocenters. The number of hydrogen-bond acceptors (Lipinski definition) is 2. The van der Waals surface area contributed by atoms with Crippen molar-refractivity contribution in [2.45, 2.75) is 19.1 Å². The predicted molar refractivity (Wildman–Crippen MR) is 32.6 cm³/mol. The van der Waals surface area contributed by atoms with E-state index in [0.29, 0.717) is 0 Å². The lowest BCUT2D eigenvalue weighted by Gasteiger charge is -2.10. The van der Waals surface area contributed by atoms with Crippen molar-refractivity contribution in [1.29, 1.82) is 0 Å². The molecule has 0 saturated heterocycles. The van der Waals surface area contributed by atoms with Crippen LogP contribution >= 0.6 is 0 Å². The van der Waals surface area contributed by atoms with Crippen LogP contribution in [0.15, 0.2) is 12.2 Å². The summed E-state index contributed by atoms with van der Waals surface area (Å²) in [7, 11) is 0. The summed E-state index contributed by atoms with van der Waals surface area (Å²) in [4.78, 5) is 0. The molecule has 0 saturated carbocycles. The minimum Gasteiger partial charge on any atom is -0.391 e. The minimum absolute atomic E-state index is 0.190. The van der Waals surface area contributed by atoms with E-state index in [4.69, 9.17) is 5.11 Å². The molecule has 0 spiro atoms. The van der Waals surface area contributed by atoms with Gasteiger partial charge in [0.2, 0.25) is 0 Å². The van der Waals surface area contributed by atoms with Crippen LogP contribution in [0.25, 0.3) is 0 Å². The molecule has 0 aliphatic carbocycles. The first-order chi connectivity index (χ1) is 3.80. The Bertz CT molecular complexity index is 98.7. The zero-order chi connectivity index (χ0) is 5.98. The summed E-state index contributed by atoms with van der Waals surface area (Å²) in [6, 6.07) is 0.190. The average Bonchev–Trinajstić information content (AvgIpc) is 2.12. The second-order valence-corrected chi connectivity index (χ2v) is 2.10. The molecular weight excluding hydrogens is 102 g/mol. The van der Waals surface area contributed by atoms with Crippen molar-refractivity contribution < 1.29 is 5.11 Å². The van der Waals surface area contributed by atoms with E-state index in [1.54, 1.807) is 6.92 Å². The SMILES string of the molecule is CC(O)C1C=CCN1. The van der Waals surface area contributed by atoms with Gasteiger partial charge in [-0.1, -0.05) is 12.2 Å². The molecular formula is C6H11NO. The summed E-state index contributed by atoms with van der Waals surface area (Å²) in [5.41, 5.74) is 0. The van der Waals surface area contributed by atoms with E-state index < -0.39 is 0 Å². The third kappa shape index (κ3) is 1.08. The van der Waals surface area contributed by atoms with Crippen molar-refractivity contribution in [1.82, 2.24) is 5.32 Å². The summed E-state index contributed by atoms with van der Waals surface area (Å²) in [5, 5.41) is 12.0. The van der Waals surface area contributed by atoms with Gasteiger partial charge in [-0.3, -0.25) is 0 Å². The predicted octanol–water partition coefficient (Wildman–Crippen LogP) is -0.105. The fourth-order valence-corrected chi connectivity index (χ4v) is 0.818. The highest BCUT2D eigenvalue weighted by molar-refractivity contribution is 5.03. The van der Waals surface area contributed by atoms with Crippen LogP contribution in [0.3, 0.4) is 0 Å². The van der Waals surface area contributed by atoms with Crippen molar-refractivity contribution in [3.05, 3.63) is 12.2 Å². The largest absolute Gasteiger partial charge is 0.391 e. The summed E-state index contributed by atoms with van der Waals surface area (Å²) >= 11 is 0. The Morgan fingerprint density at radius 3 is 2.88 bits per heavy atom. The first kappa shape index (κ1) is 5.79. The quantitative estimate of drug-likeness (QED) is 0.465. The number of nitrogens with one attached hydrogen (secondary N) is 1. The molecule has 0 aromatic rings. The maximum atomic E-state index is 8.94. The molecule has 0 bridgehead atoms. The summed E-state index contributed by atoms with van der Waals surface area (Å²) in [5.74, 6) is 0. The second-order valence-electron chi connectivity index (χ2n) is 2.10. The van der Waals surface area contributed by atoms with Gasteiger partial charge in [0, 0.05) is 6.54 Å². The van der Waals surface area contributed by atoms with Crippen molar-refractivity contribution in [3.8, 4) is 0 Å². The fourth-order valence-electron chi connectivity index (χ4n) is 0.818. The number of rotatable bonds is 1. The van der Waals surface area contributed by atoms with E-state index in [0.717, 1.165) is 6.54 Å². The molecule has 1 aliphatic heterocycles. The van der Waals surface area contributed by atoms with Gasteiger partial charge in [0.1, 0.15) is 0 Å². The average molecular weight is 113 g/mol. The van der Waals surface area contributed by atoms with Gasteiger partial charge >= 0.3 is 0 Å². The standard InChI is InChI=1S/C6H11NO/c1-5(8)6-3-2-4-7-6/h2-3,5-8H,4H2,1H3. The second kappa shape index (κ2) is 2.29. The highest BCUT2D eigenvalue weighted by Crippen LogP contribution is 1.98. The molecule has 1 rings (SSSR count). The van der Waals surface area contributed by atoms with Crippen LogP contribution in [0.1, 0.15) is 6.92 Å². The van der Waals surface area contributed by atoms with Crippen LogP contribution < -0.4 is 5.32 Å². The third-order valence-corrected chi connectivity index (χ3v) is 1.33. The summed E-state index contributed by atoms with van der Waals surface area (Å²) < 4.78 is 0. The van der Waals surface area contributed by atoms with Crippen molar-refractivity contribution in [2.24, 2.45) is 0 Å². The van der Waals surface area contributed by atoms with Crippen molar-refractivity contribution >= 4 is 0 Å². The molecule has 46 valence electrons. The lowest BCUT2D eigenvalue weighted by molar-refractivity contribution is 0.169. The van der Waals surface area contributed by atoms with Crippen LogP contribution in [0.4, 0.5) is 0 Å². The van der Waals surface area contributed by atoms with Gasteiger partial charge in [-0.05, 0) is 6.92 Å². The molecule has 0 radical (unpaired) electrons. The smallest absolute Gasteiger partial charge is 0.0701 e. The first-order valence-corrected chi connectivity index (χ1v) is 2.89. The monoisotopic (exact) mass is 113 g/mol. The minimum atomic E-state index is -0.256. The van der Waals surface area contributed by atoms with Crippen LogP contribution in [0, 0.1) is 0 Å². The Hall–Kier alpha value is -0.340. The highest BCUT2D eigenvalue weighted by Gasteiger charge is 2.12. The normalized spacial score (nSPS) is 31.0. The number of hydrogen-bond donors (Lipinski definition) is 2. The van der Waals surface area contributed by atoms with Crippen LogP contribution in [0.2, 0.25) is 0 Å². The zero-order valence-electron chi connectivity index (χ0n) is 4.96. The van der Waals surface area contributed by atoms with Crippen LogP contribution in [0.5, 0.6) is 0 Å². The van der Waals surface area contributed by atoms with Crippen molar-refractivity contribution in [3.63, 3.8) is 0 Å². The van der Waals surface area contributed by atoms with E-state index in [-0.39, 0.29) is 12.1 Å². The molecule has 0 aromatic carbocycles. The summed E-state index contributed by atoms with van der Waals surface area (Å²) in [6.07, 6.45) is 3.76. The van der Waals surface area contributed by atoms with Crippen molar-refractivity contribution in [2.75, 3.05) is 6.54 Å². The Morgan fingerprint density at radius 2 is 2.62 bits per heavy atom. The topological polar surface area (TPSA) is 32.3 Å². The van der Waals surface area contributed by atoms with Gasteiger partial charge in [-0.2, -0.15) is 0 Å². The molecule has 0 fully saturated rings. The number of aliphatic hydroxyl groups excluding tert-OH is 1. The summed E-state index contributed by atoms with van der Waals surface area (Å²) in [6.45, 7) is 2.68. The van der Waals surface area contributed by atoms with E-state index >= 15 is 0 Å². The van der Waals surface area contributed by atoms with Crippen LogP contribution in [-0.4, -0.2) is 23.8 Å². The third-order valence-electron chi connectivity index (χ3n) is 1.33. The first-order valence-electron chi connectivity index (χ1n) is 2.89. The molecule has 0 aromatic heterocycles. The highest BCUT2D eigenvalue weighted by atomic mass is 16.3.